The van der Waals surface area contributed by atoms with Gasteiger partial charge in [0.25, 0.3) is 5.91 Å². The molecule has 26 heavy (non-hydrogen) atoms. The molecule has 1 aliphatic rings. The second kappa shape index (κ2) is 8.08. The number of benzene rings is 2. The van der Waals surface area contributed by atoms with E-state index in [2.05, 4.69) is 5.32 Å². The smallest absolute Gasteiger partial charge is 0.258 e. The van der Waals surface area contributed by atoms with E-state index in [9.17, 15) is 9.18 Å². The number of carbonyl (C=O) groups is 1. The molecule has 2 aromatic rings. The van der Waals surface area contributed by atoms with Crippen LogP contribution in [0.15, 0.2) is 42.5 Å². The standard InChI is InChI=1S/C20H22FNO4/c1-13(2)20(14-3-8-17-18(11-14)25-10-9-24-17)22-19(23)12-26-16-6-4-15(21)5-7-16/h3-8,11,13,20H,9-10,12H2,1-2H3,(H,22,23)/t20-/m0/s1. The van der Waals surface area contributed by atoms with Gasteiger partial charge >= 0.3 is 0 Å². The van der Waals surface area contributed by atoms with Gasteiger partial charge in [-0.1, -0.05) is 19.9 Å². The van der Waals surface area contributed by atoms with E-state index in [1.165, 1.54) is 24.3 Å². The van der Waals surface area contributed by atoms with Gasteiger partial charge in [-0.3, -0.25) is 4.79 Å². The van der Waals surface area contributed by atoms with Gasteiger partial charge in [-0.2, -0.15) is 0 Å². The number of fused-ring (bicyclic) bond motifs is 1. The zero-order valence-electron chi connectivity index (χ0n) is 14.8. The van der Waals surface area contributed by atoms with Crippen molar-refractivity contribution < 1.29 is 23.4 Å². The van der Waals surface area contributed by atoms with Crippen LogP contribution < -0.4 is 19.5 Å². The fraction of sp³-hybridized carbons (Fsp3) is 0.350. The van der Waals surface area contributed by atoms with Crippen LogP contribution in [0.4, 0.5) is 4.39 Å². The molecule has 1 N–H and O–H groups in total. The predicted octanol–water partition coefficient (Wildman–Crippen LogP) is 3.49. The molecule has 1 amide bonds. The van der Waals surface area contributed by atoms with Gasteiger partial charge in [0.15, 0.2) is 18.1 Å². The van der Waals surface area contributed by atoms with Gasteiger partial charge < -0.3 is 19.5 Å². The van der Waals surface area contributed by atoms with Gasteiger partial charge in [0, 0.05) is 0 Å². The summed E-state index contributed by atoms with van der Waals surface area (Å²) in [6.45, 7) is 4.97. The Morgan fingerprint density at radius 2 is 1.81 bits per heavy atom. The maximum Gasteiger partial charge on any atom is 0.258 e. The van der Waals surface area contributed by atoms with Gasteiger partial charge in [0.1, 0.15) is 24.8 Å². The summed E-state index contributed by atoms with van der Waals surface area (Å²) in [7, 11) is 0. The first-order valence-corrected chi connectivity index (χ1v) is 8.60. The van der Waals surface area contributed by atoms with Crippen molar-refractivity contribution in [3.05, 3.63) is 53.8 Å². The molecule has 1 heterocycles. The minimum absolute atomic E-state index is 0.139. The summed E-state index contributed by atoms with van der Waals surface area (Å²) in [5.41, 5.74) is 0.944. The molecule has 1 aliphatic heterocycles. The Bertz CT molecular complexity index is 761. The van der Waals surface area contributed by atoms with E-state index < -0.39 is 0 Å². The number of ether oxygens (including phenoxy) is 3. The van der Waals surface area contributed by atoms with Crippen molar-refractivity contribution >= 4 is 5.91 Å². The Kier molecular flexibility index (Phi) is 5.61. The Morgan fingerprint density at radius 1 is 1.12 bits per heavy atom. The van der Waals surface area contributed by atoms with E-state index in [1.54, 1.807) is 0 Å². The number of carbonyl (C=O) groups excluding carboxylic acids is 1. The van der Waals surface area contributed by atoms with Gasteiger partial charge in [0.05, 0.1) is 6.04 Å². The van der Waals surface area contributed by atoms with Crippen LogP contribution in [0.3, 0.4) is 0 Å². The molecule has 0 saturated carbocycles. The number of amides is 1. The number of nitrogens with one attached hydrogen (secondary N) is 1. The summed E-state index contributed by atoms with van der Waals surface area (Å²) >= 11 is 0. The summed E-state index contributed by atoms with van der Waals surface area (Å²) in [5.74, 6) is 1.43. The van der Waals surface area contributed by atoms with Crippen molar-refractivity contribution in [3.8, 4) is 17.2 Å². The molecule has 5 nitrogen and oxygen atoms in total. The van der Waals surface area contributed by atoms with Crippen molar-refractivity contribution in [2.75, 3.05) is 19.8 Å². The minimum Gasteiger partial charge on any atom is -0.486 e. The highest BCUT2D eigenvalue weighted by Crippen LogP contribution is 2.34. The Labute approximate surface area is 152 Å². The van der Waals surface area contributed by atoms with Crippen LogP contribution >= 0.6 is 0 Å². The summed E-state index contributed by atoms with van der Waals surface area (Å²) in [4.78, 5) is 12.3. The molecule has 0 aliphatic carbocycles. The third kappa shape index (κ3) is 4.45. The van der Waals surface area contributed by atoms with E-state index in [0.717, 1.165) is 5.56 Å². The second-order valence-corrected chi connectivity index (χ2v) is 6.43. The van der Waals surface area contributed by atoms with Crippen LogP contribution in [0.5, 0.6) is 17.2 Å². The molecule has 138 valence electrons. The first kappa shape index (κ1) is 18.0. The largest absolute Gasteiger partial charge is 0.486 e. The number of hydrogen-bond donors (Lipinski definition) is 1. The first-order valence-electron chi connectivity index (χ1n) is 8.60. The van der Waals surface area contributed by atoms with Crippen molar-refractivity contribution in [2.24, 2.45) is 5.92 Å². The molecule has 2 aromatic carbocycles. The fourth-order valence-corrected chi connectivity index (χ4v) is 2.78. The van der Waals surface area contributed by atoms with E-state index in [-0.39, 0.29) is 30.3 Å². The molecule has 0 spiro atoms. The summed E-state index contributed by atoms with van der Waals surface area (Å²) < 4.78 is 29.5. The van der Waals surface area contributed by atoms with Crippen LogP contribution in [0.1, 0.15) is 25.5 Å². The number of halogens is 1. The van der Waals surface area contributed by atoms with Crippen LogP contribution in [0, 0.1) is 11.7 Å². The minimum atomic E-state index is -0.347. The predicted molar refractivity (Wildman–Crippen MR) is 95.0 cm³/mol. The molecule has 6 heteroatoms. The zero-order valence-corrected chi connectivity index (χ0v) is 14.8. The van der Waals surface area contributed by atoms with Crippen molar-refractivity contribution in [1.29, 1.82) is 0 Å². The number of hydrogen-bond acceptors (Lipinski definition) is 4. The third-order valence-electron chi connectivity index (χ3n) is 4.09. The molecule has 0 bridgehead atoms. The zero-order chi connectivity index (χ0) is 18.5. The second-order valence-electron chi connectivity index (χ2n) is 6.43. The molecule has 0 fully saturated rings. The maximum atomic E-state index is 12.9. The molecule has 0 saturated heterocycles. The molecular formula is C20H22FNO4. The van der Waals surface area contributed by atoms with Crippen LogP contribution in [0.25, 0.3) is 0 Å². The van der Waals surface area contributed by atoms with E-state index in [1.807, 2.05) is 32.0 Å². The SMILES string of the molecule is CC(C)[C@H](NC(=O)COc1ccc(F)cc1)c1ccc2c(c1)OCCO2. The quantitative estimate of drug-likeness (QED) is 0.858. The fourth-order valence-electron chi connectivity index (χ4n) is 2.78. The highest BCUT2D eigenvalue weighted by molar-refractivity contribution is 5.78. The average molecular weight is 359 g/mol. The molecule has 3 rings (SSSR count). The summed E-state index contributed by atoms with van der Waals surface area (Å²) in [6, 6.07) is 11.1. The lowest BCUT2D eigenvalue weighted by Crippen LogP contribution is -2.35. The lowest BCUT2D eigenvalue weighted by Gasteiger charge is -2.25. The van der Waals surface area contributed by atoms with E-state index in [0.29, 0.717) is 30.5 Å². The Morgan fingerprint density at radius 3 is 2.50 bits per heavy atom. The van der Waals surface area contributed by atoms with Crippen molar-refractivity contribution in [3.63, 3.8) is 0 Å². The van der Waals surface area contributed by atoms with Gasteiger partial charge in [-0.05, 0) is 47.9 Å². The molecule has 1 atom stereocenters. The van der Waals surface area contributed by atoms with Gasteiger partial charge in [0.2, 0.25) is 0 Å². The van der Waals surface area contributed by atoms with Crippen molar-refractivity contribution in [2.45, 2.75) is 19.9 Å². The lowest BCUT2D eigenvalue weighted by atomic mass is 9.95. The number of rotatable bonds is 6. The summed E-state index contributed by atoms with van der Waals surface area (Å²) in [5, 5.41) is 2.99. The lowest BCUT2D eigenvalue weighted by molar-refractivity contribution is -0.124. The monoisotopic (exact) mass is 359 g/mol. The Balaban J connectivity index is 1.64. The topological polar surface area (TPSA) is 56.8 Å². The first-order chi connectivity index (χ1) is 12.5. The maximum absolute atomic E-state index is 12.9. The summed E-state index contributed by atoms with van der Waals surface area (Å²) in [6.07, 6.45) is 0. The molecule has 0 aromatic heterocycles. The average Bonchev–Trinajstić information content (AvgIpc) is 2.65. The van der Waals surface area contributed by atoms with E-state index >= 15 is 0 Å². The molecular weight excluding hydrogens is 337 g/mol. The molecule has 0 unspecified atom stereocenters. The highest BCUT2D eigenvalue weighted by atomic mass is 19.1. The molecule has 0 radical (unpaired) electrons. The van der Waals surface area contributed by atoms with Gasteiger partial charge in [-0.15, -0.1) is 0 Å². The van der Waals surface area contributed by atoms with Crippen LogP contribution in [0.2, 0.25) is 0 Å². The van der Waals surface area contributed by atoms with Gasteiger partial charge in [-0.25, -0.2) is 4.39 Å². The van der Waals surface area contributed by atoms with Crippen molar-refractivity contribution in [1.82, 2.24) is 5.32 Å². The Hall–Kier alpha value is -2.76. The van der Waals surface area contributed by atoms with Crippen LogP contribution in [-0.2, 0) is 4.79 Å². The normalized spacial score (nSPS) is 14.0. The van der Waals surface area contributed by atoms with Crippen LogP contribution in [-0.4, -0.2) is 25.7 Å². The van der Waals surface area contributed by atoms with E-state index in [4.69, 9.17) is 14.2 Å². The highest BCUT2D eigenvalue weighted by Gasteiger charge is 2.21. The third-order valence-corrected chi connectivity index (χ3v) is 4.09.